The first-order valence-corrected chi connectivity index (χ1v) is 10.8. The zero-order chi connectivity index (χ0) is 20.5. The van der Waals surface area contributed by atoms with Crippen LogP contribution in [-0.2, 0) is 14.3 Å². The monoisotopic (exact) mass is 405 g/mol. The third-order valence-corrected chi connectivity index (χ3v) is 5.57. The van der Waals surface area contributed by atoms with Crippen molar-refractivity contribution in [3.05, 3.63) is 47.5 Å². The molecule has 2 atom stereocenters. The van der Waals surface area contributed by atoms with Crippen molar-refractivity contribution in [3.8, 4) is 0 Å². The van der Waals surface area contributed by atoms with E-state index in [0.717, 1.165) is 50.8 Å². The van der Waals surface area contributed by atoms with E-state index in [1.54, 1.807) is 12.1 Å². The molecule has 0 saturated carbocycles. The fraction of sp³-hybridized carbons (Fsp3) is 0.609. The predicted molar refractivity (Wildman–Crippen MR) is 109 cm³/mol. The minimum atomic E-state index is -0.526. The topological polar surface area (TPSA) is 59.0 Å². The molecule has 0 aromatic heterocycles. The third-order valence-electron chi connectivity index (χ3n) is 5.57. The summed E-state index contributed by atoms with van der Waals surface area (Å²) in [6.45, 7) is 2.10. The summed E-state index contributed by atoms with van der Waals surface area (Å²) in [5.74, 6) is -0.0969. The van der Waals surface area contributed by atoms with Gasteiger partial charge < -0.3 is 19.5 Å². The second kappa shape index (κ2) is 11.3. The molecule has 1 fully saturated rings. The molecule has 1 aromatic rings. The number of amides is 1. The standard InChI is InChI=1S/C23H32FNO4/c24-20-10-8-18(9-11-20)19-16-21(29-22(17-19)28-15-7-6-14-26)23(27)25-12-4-2-1-3-5-13-25/h8-11,16,19,22,26H,1-7,12-15,17H2/t19-,22+/m0/s1. The maximum atomic E-state index is 13.3. The molecule has 0 radical (unpaired) electrons. The number of aliphatic hydroxyl groups excluding tert-OH is 1. The molecular formula is C23H32FNO4. The number of unbranched alkanes of at least 4 members (excludes halogenated alkanes) is 1. The van der Waals surface area contributed by atoms with Crippen LogP contribution in [0.15, 0.2) is 36.1 Å². The maximum Gasteiger partial charge on any atom is 0.288 e. The summed E-state index contributed by atoms with van der Waals surface area (Å²) < 4.78 is 25.1. The first-order chi connectivity index (χ1) is 14.2. The van der Waals surface area contributed by atoms with Crippen LogP contribution in [-0.4, -0.2) is 48.5 Å². The number of nitrogens with zero attached hydrogens (tertiary/aromatic N) is 1. The van der Waals surface area contributed by atoms with Gasteiger partial charge in [0.15, 0.2) is 5.76 Å². The van der Waals surface area contributed by atoms with Crippen molar-refractivity contribution < 1.29 is 23.8 Å². The Morgan fingerprint density at radius 2 is 1.79 bits per heavy atom. The zero-order valence-electron chi connectivity index (χ0n) is 17.0. The summed E-state index contributed by atoms with van der Waals surface area (Å²) in [5, 5.41) is 8.94. The first-order valence-electron chi connectivity index (χ1n) is 10.8. The Morgan fingerprint density at radius 1 is 1.10 bits per heavy atom. The largest absolute Gasteiger partial charge is 0.459 e. The van der Waals surface area contributed by atoms with Gasteiger partial charge in [0.05, 0.1) is 6.61 Å². The van der Waals surface area contributed by atoms with Crippen molar-refractivity contribution in [2.24, 2.45) is 0 Å². The van der Waals surface area contributed by atoms with Crippen molar-refractivity contribution in [2.45, 2.75) is 63.6 Å². The lowest BCUT2D eigenvalue weighted by Gasteiger charge is -2.32. The lowest BCUT2D eigenvalue weighted by atomic mass is 9.92. The van der Waals surface area contributed by atoms with Crippen LogP contribution in [0.5, 0.6) is 0 Å². The van der Waals surface area contributed by atoms with E-state index < -0.39 is 6.29 Å². The van der Waals surface area contributed by atoms with E-state index in [1.165, 1.54) is 18.6 Å². The molecule has 6 heteroatoms. The molecule has 0 spiro atoms. The number of ether oxygens (including phenoxy) is 2. The molecule has 0 aliphatic carbocycles. The highest BCUT2D eigenvalue weighted by Crippen LogP contribution is 2.32. The number of carbonyl (C=O) groups excluding carboxylic acids is 1. The lowest BCUT2D eigenvalue weighted by molar-refractivity contribution is -0.153. The van der Waals surface area contributed by atoms with Crippen LogP contribution in [0, 0.1) is 5.82 Å². The van der Waals surface area contributed by atoms with Crippen LogP contribution in [0.3, 0.4) is 0 Å². The van der Waals surface area contributed by atoms with Gasteiger partial charge in [-0.2, -0.15) is 0 Å². The molecular weight excluding hydrogens is 373 g/mol. The van der Waals surface area contributed by atoms with Gasteiger partial charge in [0.2, 0.25) is 6.29 Å². The van der Waals surface area contributed by atoms with Crippen LogP contribution in [0.4, 0.5) is 4.39 Å². The van der Waals surface area contributed by atoms with Gasteiger partial charge in [0, 0.05) is 32.0 Å². The number of benzene rings is 1. The van der Waals surface area contributed by atoms with Gasteiger partial charge in [-0.3, -0.25) is 4.79 Å². The number of carbonyl (C=O) groups is 1. The van der Waals surface area contributed by atoms with E-state index >= 15 is 0 Å². The molecule has 2 aliphatic heterocycles. The number of hydrogen-bond donors (Lipinski definition) is 1. The summed E-state index contributed by atoms with van der Waals surface area (Å²) in [6.07, 6.45) is 8.88. The van der Waals surface area contributed by atoms with Gasteiger partial charge in [-0.05, 0) is 49.5 Å². The molecule has 0 bridgehead atoms. The minimum Gasteiger partial charge on any atom is -0.459 e. The van der Waals surface area contributed by atoms with Crippen molar-refractivity contribution in [2.75, 3.05) is 26.3 Å². The number of likely N-dealkylation sites (tertiary alicyclic amines) is 1. The van der Waals surface area contributed by atoms with E-state index in [0.29, 0.717) is 25.2 Å². The molecule has 1 N–H and O–H groups in total. The molecule has 160 valence electrons. The second-order valence-electron chi connectivity index (χ2n) is 7.83. The normalized spacial score (nSPS) is 23.0. The molecule has 1 aromatic carbocycles. The number of aliphatic hydroxyl groups is 1. The zero-order valence-corrected chi connectivity index (χ0v) is 17.0. The maximum absolute atomic E-state index is 13.3. The van der Waals surface area contributed by atoms with Crippen LogP contribution in [0.1, 0.15) is 62.8 Å². The Balaban J connectivity index is 1.73. The van der Waals surface area contributed by atoms with Crippen molar-refractivity contribution in [3.63, 3.8) is 0 Å². The summed E-state index contributed by atoms with van der Waals surface area (Å²) >= 11 is 0. The minimum absolute atomic E-state index is 0.0686. The Hall–Kier alpha value is -1.92. The fourth-order valence-electron chi connectivity index (χ4n) is 3.89. The number of halogens is 1. The van der Waals surface area contributed by atoms with E-state index in [-0.39, 0.29) is 24.2 Å². The van der Waals surface area contributed by atoms with Crippen LogP contribution >= 0.6 is 0 Å². The number of hydrogen-bond acceptors (Lipinski definition) is 4. The van der Waals surface area contributed by atoms with E-state index in [4.69, 9.17) is 14.6 Å². The number of allylic oxidation sites excluding steroid dienone is 1. The Morgan fingerprint density at radius 3 is 2.48 bits per heavy atom. The summed E-state index contributed by atoms with van der Waals surface area (Å²) in [7, 11) is 0. The smallest absolute Gasteiger partial charge is 0.288 e. The summed E-state index contributed by atoms with van der Waals surface area (Å²) in [5.41, 5.74) is 0.941. The second-order valence-corrected chi connectivity index (χ2v) is 7.83. The molecule has 2 heterocycles. The summed E-state index contributed by atoms with van der Waals surface area (Å²) in [4.78, 5) is 15.0. The molecule has 0 unspecified atom stereocenters. The highest BCUT2D eigenvalue weighted by Gasteiger charge is 2.31. The highest BCUT2D eigenvalue weighted by molar-refractivity contribution is 5.91. The van der Waals surface area contributed by atoms with Crippen molar-refractivity contribution >= 4 is 5.91 Å². The average Bonchev–Trinajstić information content (AvgIpc) is 2.71. The van der Waals surface area contributed by atoms with Crippen LogP contribution in [0.25, 0.3) is 0 Å². The van der Waals surface area contributed by atoms with Crippen molar-refractivity contribution in [1.82, 2.24) is 4.90 Å². The molecule has 29 heavy (non-hydrogen) atoms. The van der Waals surface area contributed by atoms with Crippen LogP contribution in [0.2, 0.25) is 0 Å². The van der Waals surface area contributed by atoms with Gasteiger partial charge in [-0.1, -0.05) is 31.4 Å². The van der Waals surface area contributed by atoms with Gasteiger partial charge in [0.25, 0.3) is 5.91 Å². The first kappa shape index (κ1) is 21.8. The SMILES string of the molecule is O=C(C1=C[C@H](c2ccc(F)cc2)C[C@H](OCCCCO)O1)N1CCCCCCC1. The van der Waals surface area contributed by atoms with E-state index in [1.807, 2.05) is 11.0 Å². The molecule has 1 saturated heterocycles. The van der Waals surface area contributed by atoms with Gasteiger partial charge in [0.1, 0.15) is 5.82 Å². The molecule has 1 amide bonds. The lowest BCUT2D eigenvalue weighted by Crippen LogP contribution is -2.38. The number of rotatable bonds is 7. The predicted octanol–water partition coefficient (Wildman–Crippen LogP) is 4.12. The fourth-order valence-corrected chi connectivity index (χ4v) is 3.89. The molecule has 3 rings (SSSR count). The van der Waals surface area contributed by atoms with Gasteiger partial charge in [-0.25, -0.2) is 4.39 Å². The summed E-state index contributed by atoms with van der Waals surface area (Å²) in [6, 6.07) is 6.39. The molecule has 5 nitrogen and oxygen atoms in total. The Bertz CT molecular complexity index is 668. The van der Waals surface area contributed by atoms with Gasteiger partial charge >= 0.3 is 0 Å². The Kier molecular flexibility index (Phi) is 8.50. The van der Waals surface area contributed by atoms with Crippen molar-refractivity contribution in [1.29, 1.82) is 0 Å². The quantitative estimate of drug-likeness (QED) is 0.693. The highest BCUT2D eigenvalue weighted by atomic mass is 19.1. The van der Waals surface area contributed by atoms with Crippen LogP contribution < -0.4 is 0 Å². The van der Waals surface area contributed by atoms with E-state index in [2.05, 4.69) is 0 Å². The third kappa shape index (κ3) is 6.54. The van der Waals surface area contributed by atoms with Gasteiger partial charge in [-0.15, -0.1) is 0 Å². The Labute approximate surface area is 172 Å². The van der Waals surface area contributed by atoms with E-state index in [9.17, 15) is 9.18 Å². The average molecular weight is 406 g/mol. The molecule has 2 aliphatic rings.